The zero-order valence-corrected chi connectivity index (χ0v) is 29.3. The smallest absolute Gasteiger partial charge is 1.00 e. The molecule has 1 aliphatic heterocycles. The Morgan fingerprint density at radius 2 is 1.39 bits per heavy atom. The van der Waals surface area contributed by atoms with Gasteiger partial charge < -0.3 is 28.5 Å². The van der Waals surface area contributed by atoms with Gasteiger partial charge in [0.1, 0.15) is 12.7 Å². The summed E-state index contributed by atoms with van der Waals surface area (Å²) in [5.74, 6) is -3.90. The van der Waals surface area contributed by atoms with E-state index in [0.29, 0.717) is 6.42 Å². The predicted molar refractivity (Wildman–Crippen MR) is 123 cm³/mol. The molecule has 0 saturated carbocycles. The first-order valence-electron chi connectivity index (χ1n) is 11.9. The minimum Gasteiger partial charge on any atom is -1.00 e. The largest absolute Gasteiger partial charge is 1.00 e. The van der Waals surface area contributed by atoms with Crippen molar-refractivity contribution in [3.63, 3.8) is 0 Å². The number of aliphatic hydroxyl groups is 2. The second-order valence-corrected chi connectivity index (χ2v) is 9.53. The van der Waals surface area contributed by atoms with Crippen molar-refractivity contribution in [3.8, 4) is 0 Å². The molecule has 1 heterocycles. The van der Waals surface area contributed by atoms with Crippen LogP contribution in [0.25, 0.3) is 0 Å². The summed E-state index contributed by atoms with van der Waals surface area (Å²) in [6.45, 7) is 1.64. The van der Waals surface area contributed by atoms with E-state index in [2.05, 4.69) is 16.2 Å². The van der Waals surface area contributed by atoms with Crippen molar-refractivity contribution < 1.29 is 141 Å². The Kier molecular flexibility index (Phi) is 28.2. The Bertz CT molecular complexity index is 702. The van der Waals surface area contributed by atoms with E-state index in [0.717, 1.165) is 19.3 Å². The number of ether oxygens (including phenoxy) is 2. The standard InChI is InChI=1S/C22H39O10P.3Na.3H/c1-2-3-4-5-6-7-8-9-10-11-12-13-14-15-18(24)30-16-17(23)20-21(32-33(27,28)29)19(25)22(26)31-20;;;;;;/h17,20,23,25H,2-16H2,1H3,(H2,27,28,29);;;;;;/q;3*+1;3*-1/t17-,20+;;;;;;/m0....../s1. The van der Waals surface area contributed by atoms with Crippen LogP contribution >= 0.6 is 7.82 Å². The molecule has 0 saturated heterocycles. The van der Waals surface area contributed by atoms with Gasteiger partial charge in [-0.05, 0) is 6.42 Å². The van der Waals surface area contributed by atoms with Crippen LogP contribution in [0, 0.1) is 0 Å². The van der Waals surface area contributed by atoms with Crippen molar-refractivity contribution in [2.75, 3.05) is 6.61 Å². The molecule has 0 aromatic heterocycles. The van der Waals surface area contributed by atoms with Gasteiger partial charge in [-0.3, -0.25) is 14.6 Å². The average Bonchev–Trinajstić information content (AvgIpc) is 3.02. The molecule has 14 heteroatoms. The van der Waals surface area contributed by atoms with E-state index in [4.69, 9.17) is 14.5 Å². The summed E-state index contributed by atoms with van der Waals surface area (Å²) >= 11 is 0. The Balaban J connectivity index is -0.000000454. The zero-order valence-electron chi connectivity index (χ0n) is 25.4. The number of hydrogen-bond donors (Lipinski definition) is 4. The number of carbonyl (C=O) groups excluding carboxylic acids is 2. The Hall–Kier alpha value is 1.39. The number of esters is 2. The fraction of sp³-hybridized carbons (Fsp3) is 0.818. The van der Waals surface area contributed by atoms with Crippen molar-refractivity contribution in [3.05, 3.63) is 11.5 Å². The van der Waals surface area contributed by atoms with Gasteiger partial charge in [-0.15, -0.1) is 0 Å². The first-order chi connectivity index (χ1) is 15.7. The van der Waals surface area contributed by atoms with Crippen LogP contribution in [0.2, 0.25) is 0 Å². The molecule has 0 aliphatic carbocycles. The third kappa shape index (κ3) is 19.4. The summed E-state index contributed by atoms with van der Waals surface area (Å²) in [6.07, 6.45) is 12.2. The van der Waals surface area contributed by atoms with E-state index < -0.39 is 50.1 Å². The molecule has 2 atom stereocenters. The average molecular weight is 567 g/mol. The van der Waals surface area contributed by atoms with Crippen molar-refractivity contribution in [1.82, 2.24) is 0 Å². The monoisotopic (exact) mass is 566 g/mol. The number of phosphoric ester groups is 1. The van der Waals surface area contributed by atoms with Gasteiger partial charge in [0.05, 0.1) is 0 Å². The molecule has 0 amide bonds. The maximum absolute atomic E-state index is 11.8. The number of carbonyl (C=O) groups is 2. The van der Waals surface area contributed by atoms with Crippen LogP contribution in [0.1, 0.15) is 101 Å². The third-order valence-corrected chi connectivity index (χ3v) is 5.82. The third-order valence-electron chi connectivity index (χ3n) is 5.39. The maximum Gasteiger partial charge on any atom is 1.00 e. The summed E-state index contributed by atoms with van der Waals surface area (Å²) in [4.78, 5) is 41.0. The summed E-state index contributed by atoms with van der Waals surface area (Å²) < 4.78 is 24.8. The molecule has 10 nitrogen and oxygen atoms in total. The molecule has 1 rings (SSSR count). The molecule has 0 unspecified atom stereocenters. The van der Waals surface area contributed by atoms with Crippen LogP contribution in [0.5, 0.6) is 0 Å². The number of phosphoric acid groups is 1. The summed E-state index contributed by atoms with van der Waals surface area (Å²) in [5.41, 5.74) is 0. The van der Waals surface area contributed by atoms with Gasteiger partial charge in [-0.25, -0.2) is 9.36 Å². The Labute approximate surface area is 285 Å². The van der Waals surface area contributed by atoms with Gasteiger partial charge in [-0.2, -0.15) is 0 Å². The van der Waals surface area contributed by atoms with E-state index in [1.54, 1.807) is 0 Å². The van der Waals surface area contributed by atoms with Crippen LogP contribution < -0.4 is 88.7 Å². The SMILES string of the molecule is CCCCCCCCCCCCCCCC(=O)OC[C@H](O)[C@H]1OC(=O)C(O)=C1OP(=O)(O)O.[H-].[H-].[H-].[Na+].[Na+].[Na+]. The first kappa shape index (κ1) is 41.9. The van der Waals surface area contributed by atoms with Gasteiger partial charge in [0.15, 0.2) is 6.10 Å². The first-order valence-corrected chi connectivity index (χ1v) is 13.4. The molecule has 36 heavy (non-hydrogen) atoms. The molecule has 0 aromatic rings. The summed E-state index contributed by atoms with van der Waals surface area (Å²) in [5, 5.41) is 19.6. The van der Waals surface area contributed by atoms with Crippen LogP contribution in [0.3, 0.4) is 0 Å². The van der Waals surface area contributed by atoms with Crippen molar-refractivity contribution in [2.45, 2.75) is 109 Å². The quantitative estimate of drug-likeness (QED) is 0.0520. The van der Waals surface area contributed by atoms with Gasteiger partial charge in [0, 0.05) is 6.42 Å². The van der Waals surface area contributed by atoms with Crippen LogP contribution in [-0.2, 0) is 28.2 Å². The summed E-state index contributed by atoms with van der Waals surface area (Å²) in [7, 11) is -5.10. The number of aliphatic hydroxyl groups excluding tert-OH is 2. The predicted octanol–water partition coefficient (Wildman–Crippen LogP) is -4.47. The van der Waals surface area contributed by atoms with Crippen molar-refractivity contribution in [2.24, 2.45) is 0 Å². The Morgan fingerprint density at radius 3 is 1.83 bits per heavy atom. The molecule has 198 valence electrons. The molecule has 1 aliphatic rings. The van der Waals surface area contributed by atoms with Gasteiger partial charge in [0.25, 0.3) is 0 Å². The molecule has 0 radical (unpaired) electrons. The molecule has 0 fully saturated rings. The molecular formula is C22H42Na3O10P. The van der Waals surface area contributed by atoms with E-state index >= 15 is 0 Å². The minimum atomic E-state index is -5.10. The maximum atomic E-state index is 11.8. The number of hydrogen-bond acceptors (Lipinski definition) is 8. The minimum absolute atomic E-state index is 0. The van der Waals surface area contributed by atoms with Gasteiger partial charge >= 0.3 is 108 Å². The molecular weight excluding hydrogens is 524 g/mol. The second kappa shape index (κ2) is 24.2. The van der Waals surface area contributed by atoms with E-state index in [1.165, 1.54) is 57.8 Å². The van der Waals surface area contributed by atoms with Gasteiger partial charge in [-0.1, -0.05) is 84.0 Å². The van der Waals surface area contributed by atoms with Crippen LogP contribution in [0.15, 0.2) is 11.5 Å². The number of unbranched alkanes of at least 4 members (excludes halogenated alkanes) is 12. The van der Waals surface area contributed by atoms with Crippen LogP contribution in [0.4, 0.5) is 0 Å². The van der Waals surface area contributed by atoms with E-state index in [1.807, 2.05) is 0 Å². The molecule has 0 spiro atoms. The van der Waals surface area contributed by atoms with E-state index in [9.17, 15) is 24.4 Å². The molecule has 0 bridgehead atoms. The topological polar surface area (TPSA) is 160 Å². The molecule has 0 aromatic carbocycles. The van der Waals surface area contributed by atoms with Crippen molar-refractivity contribution in [1.29, 1.82) is 0 Å². The fourth-order valence-corrected chi connectivity index (χ4v) is 4.01. The number of cyclic esters (lactones) is 1. The second-order valence-electron chi connectivity index (χ2n) is 8.36. The van der Waals surface area contributed by atoms with Crippen molar-refractivity contribution >= 4 is 19.8 Å². The summed E-state index contributed by atoms with van der Waals surface area (Å²) in [6, 6.07) is 0. The van der Waals surface area contributed by atoms with Crippen LogP contribution in [-0.4, -0.2) is 50.8 Å². The zero-order chi connectivity index (χ0) is 24.7. The molecule has 4 N–H and O–H groups in total. The Morgan fingerprint density at radius 1 is 0.944 bits per heavy atom. The van der Waals surface area contributed by atoms with Gasteiger partial charge in [0.2, 0.25) is 11.5 Å². The number of rotatable bonds is 19. The van der Waals surface area contributed by atoms with E-state index in [-0.39, 0.29) is 99.4 Å². The fourth-order valence-electron chi connectivity index (χ4n) is 3.56. The normalized spacial score (nSPS) is 15.8.